The highest BCUT2D eigenvalue weighted by molar-refractivity contribution is 6.11. The van der Waals surface area contributed by atoms with Crippen molar-refractivity contribution in [1.29, 1.82) is 0 Å². The lowest BCUT2D eigenvalue weighted by Crippen LogP contribution is -2.34. The molecule has 1 aliphatic carbocycles. The van der Waals surface area contributed by atoms with E-state index in [4.69, 9.17) is 0 Å². The van der Waals surface area contributed by atoms with Gasteiger partial charge in [0, 0.05) is 23.6 Å². The van der Waals surface area contributed by atoms with Crippen molar-refractivity contribution < 1.29 is 9.59 Å². The Balaban J connectivity index is 2.21. The summed E-state index contributed by atoms with van der Waals surface area (Å²) in [6.07, 6.45) is 11.2. The molecule has 130 valence electrons. The van der Waals surface area contributed by atoms with Gasteiger partial charge in [-0.1, -0.05) is 46.6 Å². The van der Waals surface area contributed by atoms with Gasteiger partial charge >= 0.3 is 0 Å². The third-order valence-electron chi connectivity index (χ3n) is 4.55. The molecule has 0 fully saturated rings. The van der Waals surface area contributed by atoms with E-state index in [0.717, 1.165) is 37.0 Å². The fourth-order valence-electron chi connectivity index (χ4n) is 3.32. The number of hydrogen-bond donors (Lipinski definition) is 1. The predicted molar refractivity (Wildman–Crippen MR) is 97.5 cm³/mol. The van der Waals surface area contributed by atoms with Gasteiger partial charge in [-0.15, -0.1) is 0 Å². The maximum atomic E-state index is 12.4. The lowest BCUT2D eigenvalue weighted by molar-refractivity contribution is -0.122. The average Bonchev–Trinajstić information content (AvgIpc) is 2.53. The van der Waals surface area contributed by atoms with Crippen LogP contribution in [0.5, 0.6) is 0 Å². The summed E-state index contributed by atoms with van der Waals surface area (Å²) in [5.41, 5.74) is 2.55. The van der Waals surface area contributed by atoms with Crippen LogP contribution in [0.15, 0.2) is 40.6 Å². The van der Waals surface area contributed by atoms with Crippen LogP contribution in [0.4, 0.5) is 0 Å². The molecule has 2 amide bonds. The van der Waals surface area contributed by atoms with E-state index in [2.05, 4.69) is 38.0 Å². The monoisotopic (exact) mass is 328 g/mol. The zero-order valence-electron chi connectivity index (χ0n) is 15.1. The second kappa shape index (κ2) is 8.22. The van der Waals surface area contributed by atoms with Gasteiger partial charge in [0.05, 0.1) is 5.71 Å². The van der Waals surface area contributed by atoms with Gasteiger partial charge in [0.1, 0.15) is 0 Å². The highest BCUT2D eigenvalue weighted by Crippen LogP contribution is 2.31. The number of nitrogens with zero attached hydrogens (tertiary/aromatic N) is 1. The van der Waals surface area contributed by atoms with Crippen molar-refractivity contribution in [2.24, 2.45) is 22.7 Å². The largest absolute Gasteiger partial charge is 0.325 e. The SMILES string of the molecule is CCCC(CCC)C(=O)N=C1C=CC2C(=C1)NC(=O)C=C2C(C)C. The number of hydrogen-bond acceptors (Lipinski definition) is 2. The fraction of sp³-hybridized carbons (Fsp3) is 0.550. The second-order valence-corrected chi connectivity index (χ2v) is 6.87. The van der Waals surface area contributed by atoms with Crippen LogP contribution in [0.25, 0.3) is 0 Å². The van der Waals surface area contributed by atoms with Crippen LogP contribution in [-0.2, 0) is 9.59 Å². The summed E-state index contributed by atoms with van der Waals surface area (Å²) in [5, 5.41) is 2.89. The van der Waals surface area contributed by atoms with Crippen molar-refractivity contribution in [3.05, 3.63) is 35.6 Å². The molecule has 1 atom stereocenters. The zero-order valence-corrected chi connectivity index (χ0v) is 15.1. The number of nitrogens with one attached hydrogen (secondary N) is 1. The minimum atomic E-state index is -0.1000. The first kappa shape index (κ1) is 18.4. The Hall–Kier alpha value is -1.97. The lowest BCUT2D eigenvalue weighted by atomic mass is 9.82. The second-order valence-electron chi connectivity index (χ2n) is 6.87. The molecule has 4 heteroatoms. The summed E-state index contributed by atoms with van der Waals surface area (Å²) in [6, 6.07) is 0. The van der Waals surface area contributed by atoms with Gasteiger partial charge in [-0.25, -0.2) is 4.99 Å². The van der Waals surface area contributed by atoms with Crippen molar-refractivity contribution in [2.45, 2.75) is 53.4 Å². The summed E-state index contributed by atoms with van der Waals surface area (Å²) in [5.74, 6) is 0.239. The summed E-state index contributed by atoms with van der Waals surface area (Å²) in [4.78, 5) is 28.6. The van der Waals surface area contributed by atoms with Gasteiger partial charge in [-0.05, 0) is 36.5 Å². The van der Waals surface area contributed by atoms with E-state index in [1.54, 1.807) is 6.08 Å². The Bertz CT molecular complexity index is 618. The van der Waals surface area contributed by atoms with Gasteiger partial charge < -0.3 is 5.32 Å². The Morgan fingerprint density at radius 3 is 2.46 bits per heavy atom. The van der Waals surface area contributed by atoms with Gasteiger partial charge in [-0.3, -0.25) is 9.59 Å². The smallest absolute Gasteiger partial charge is 0.249 e. The molecule has 2 rings (SSSR count). The van der Waals surface area contributed by atoms with Crippen LogP contribution >= 0.6 is 0 Å². The number of carbonyl (C=O) groups excluding carboxylic acids is 2. The molecule has 0 aromatic rings. The standard InChI is InChI=1S/C20H28N2O2/c1-5-7-14(8-6-2)20(24)21-15-9-10-16-17(13(3)4)12-19(23)22-18(16)11-15/h9-14,16H,5-8H2,1-4H3,(H,22,23). The number of carbonyl (C=O) groups is 2. The number of rotatable bonds is 6. The molecule has 1 unspecified atom stereocenters. The van der Waals surface area contributed by atoms with Crippen LogP contribution < -0.4 is 5.32 Å². The molecule has 0 aromatic carbocycles. The first-order valence-corrected chi connectivity index (χ1v) is 9.01. The van der Waals surface area contributed by atoms with E-state index in [1.807, 2.05) is 18.2 Å². The average molecular weight is 328 g/mol. The summed E-state index contributed by atoms with van der Waals surface area (Å²) in [7, 11) is 0. The number of amides is 2. The Morgan fingerprint density at radius 2 is 1.88 bits per heavy atom. The highest BCUT2D eigenvalue weighted by atomic mass is 16.2. The van der Waals surface area contributed by atoms with Crippen LogP contribution in [0.2, 0.25) is 0 Å². The Labute approximate surface area is 144 Å². The maximum Gasteiger partial charge on any atom is 0.249 e. The van der Waals surface area contributed by atoms with Gasteiger partial charge in [0.15, 0.2) is 0 Å². The maximum absolute atomic E-state index is 12.4. The molecule has 24 heavy (non-hydrogen) atoms. The number of aliphatic imine (C=N–C) groups is 1. The third kappa shape index (κ3) is 4.31. The van der Waals surface area contributed by atoms with E-state index >= 15 is 0 Å². The first-order valence-electron chi connectivity index (χ1n) is 9.01. The molecule has 0 radical (unpaired) electrons. The molecule has 1 aliphatic heterocycles. The molecule has 1 N–H and O–H groups in total. The van der Waals surface area contributed by atoms with Crippen LogP contribution in [0.1, 0.15) is 53.4 Å². The molecule has 0 aromatic heterocycles. The predicted octanol–water partition coefficient (Wildman–Crippen LogP) is 3.95. The van der Waals surface area contributed by atoms with Crippen LogP contribution in [-0.4, -0.2) is 17.5 Å². The van der Waals surface area contributed by atoms with E-state index in [1.165, 1.54) is 0 Å². The highest BCUT2D eigenvalue weighted by Gasteiger charge is 2.28. The molecule has 0 saturated heterocycles. The quantitative estimate of drug-likeness (QED) is 0.802. The van der Waals surface area contributed by atoms with E-state index in [9.17, 15) is 9.59 Å². The molecule has 1 heterocycles. The topological polar surface area (TPSA) is 58.5 Å². The molecule has 4 nitrogen and oxygen atoms in total. The molecule has 0 bridgehead atoms. The van der Waals surface area contributed by atoms with E-state index in [-0.39, 0.29) is 23.7 Å². The van der Waals surface area contributed by atoms with Gasteiger partial charge in [0.2, 0.25) is 11.8 Å². The minimum Gasteiger partial charge on any atom is -0.325 e. The molecular formula is C20H28N2O2. The van der Waals surface area contributed by atoms with Crippen molar-refractivity contribution in [3.8, 4) is 0 Å². The Kier molecular flexibility index (Phi) is 6.29. The molecular weight excluding hydrogens is 300 g/mol. The molecule has 0 saturated carbocycles. The number of fused-ring (bicyclic) bond motifs is 1. The number of allylic oxidation sites excluding steroid dienone is 3. The van der Waals surface area contributed by atoms with Crippen molar-refractivity contribution >= 4 is 17.5 Å². The third-order valence-corrected chi connectivity index (χ3v) is 4.55. The normalized spacial score (nSPS) is 21.7. The van der Waals surface area contributed by atoms with Gasteiger partial charge in [0.25, 0.3) is 0 Å². The molecule has 2 aliphatic rings. The van der Waals surface area contributed by atoms with Crippen LogP contribution in [0.3, 0.4) is 0 Å². The van der Waals surface area contributed by atoms with Crippen molar-refractivity contribution in [2.75, 3.05) is 0 Å². The van der Waals surface area contributed by atoms with E-state index < -0.39 is 0 Å². The lowest BCUT2D eigenvalue weighted by Gasteiger charge is -2.29. The van der Waals surface area contributed by atoms with Crippen molar-refractivity contribution in [3.63, 3.8) is 0 Å². The summed E-state index contributed by atoms with van der Waals surface area (Å²) in [6.45, 7) is 8.35. The zero-order chi connectivity index (χ0) is 17.7. The summed E-state index contributed by atoms with van der Waals surface area (Å²) < 4.78 is 0. The molecule has 0 spiro atoms. The Morgan fingerprint density at radius 1 is 1.21 bits per heavy atom. The van der Waals surface area contributed by atoms with Gasteiger partial charge in [-0.2, -0.15) is 0 Å². The van der Waals surface area contributed by atoms with E-state index in [0.29, 0.717) is 11.6 Å². The fourth-order valence-corrected chi connectivity index (χ4v) is 3.32. The van der Waals surface area contributed by atoms with Crippen LogP contribution in [0, 0.1) is 17.8 Å². The first-order chi connectivity index (χ1) is 11.5. The van der Waals surface area contributed by atoms with Crippen molar-refractivity contribution in [1.82, 2.24) is 5.32 Å². The summed E-state index contributed by atoms with van der Waals surface area (Å²) >= 11 is 0. The minimum absolute atomic E-state index is 0.00379.